The van der Waals surface area contributed by atoms with Crippen LogP contribution in [0.15, 0.2) is 52.4 Å². The molecule has 0 bridgehead atoms. The second-order valence-corrected chi connectivity index (χ2v) is 11.2. The number of amides is 1. The number of benzene rings is 2. The molecule has 1 N–H and O–H groups in total. The molecule has 2 aromatic carbocycles. The van der Waals surface area contributed by atoms with Gasteiger partial charge < -0.3 is 5.32 Å². The fraction of sp³-hybridized carbons (Fsp3) is 0.208. The molecule has 0 aliphatic heterocycles. The topological polar surface area (TPSA) is 64.0 Å². The lowest BCUT2D eigenvalue weighted by molar-refractivity contribution is -0.113. The van der Waals surface area contributed by atoms with Crippen molar-refractivity contribution in [3.63, 3.8) is 0 Å². The standard InChI is InChI=1S/C24H18Cl3N3O2S2/c25-13-5-8-15(9-6-13)30-23(32)21-16-3-1-2-4-19(16)34-22(21)29-24(30)33-12-20(31)28-18-10-7-14(26)11-17(18)27/h5-11H,1-4,12H2,(H,28,31). The maximum absolute atomic E-state index is 13.7. The van der Waals surface area contributed by atoms with E-state index in [-0.39, 0.29) is 17.2 Å². The van der Waals surface area contributed by atoms with Crippen LogP contribution in [-0.2, 0) is 17.6 Å². The molecule has 1 amide bonds. The number of aryl methyl sites for hydroxylation is 2. The molecule has 0 fully saturated rings. The third kappa shape index (κ3) is 4.72. The lowest BCUT2D eigenvalue weighted by Crippen LogP contribution is -2.23. The molecule has 1 aliphatic carbocycles. The first-order valence-electron chi connectivity index (χ1n) is 10.6. The minimum Gasteiger partial charge on any atom is -0.324 e. The van der Waals surface area contributed by atoms with Crippen molar-refractivity contribution < 1.29 is 4.79 Å². The SMILES string of the molecule is O=C(CSc1nc2sc3c(c2c(=O)n1-c1ccc(Cl)cc1)CCCC3)Nc1ccc(Cl)cc1Cl. The van der Waals surface area contributed by atoms with Gasteiger partial charge >= 0.3 is 0 Å². The van der Waals surface area contributed by atoms with E-state index in [4.69, 9.17) is 39.8 Å². The van der Waals surface area contributed by atoms with Gasteiger partial charge in [0.1, 0.15) is 4.83 Å². The maximum Gasteiger partial charge on any atom is 0.267 e. The fourth-order valence-corrected chi connectivity index (χ4v) is 6.71. The van der Waals surface area contributed by atoms with Gasteiger partial charge in [-0.2, -0.15) is 0 Å². The van der Waals surface area contributed by atoms with E-state index < -0.39 is 0 Å². The van der Waals surface area contributed by atoms with Crippen LogP contribution < -0.4 is 10.9 Å². The number of aromatic nitrogens is 2. The molecule has 0 saturated heterocycles. The fourth-order valence-electron chi connectivity index (χ4n) is 4.01. The van der Waals surface area contributed by atoms with E-state index in [1.165, 1.54) is 16.6 Å². The number of rotatable bonds is 5. The Morgan fingerprint density at radius 1 is 1.06 bits per heavy atom. The van der Waals surface area contributed by atoms with Gasteiger partial charge in [-0.25, -0.2) is 4.98 Å². The average molecular weight is 551 g/mol. The van der Waals surface area contributed by atoms with Gasteiger partial charge in [-0.1, -0.05) is 46.6 Å². The smallest absolute Gasteiger partial charge is 0.267 e. The van der Waals surface area contributed by atoms with Crippen LogP contribution in [0.5, 0.6) is 0 Å². The lowest BCUT2D eigenvalue weighted by atomic mass is 9.97. The maximum atomic E-state index is 13.7. The van der Waals surface area contributed by atoms with E-state index in [1.54, 1.807) is 58.4 Å². The highest BCUT2D eigenvalue weighted by Gasteiger charge is 2.23. The summed E-state index contributed by atoms with van der Waals surface area (Å²) >= 11 is 21.0. The molecule has 2 heterocycles. The number of hydrogen-bond donors (Lipinski definition) is 1. The quantitative estimate of drug-likeness (QED) is 0.214. The summed E-state index contributed by atoms with van der Waals surface area (Å²) in [6.07, 6.45) is 4.07. The van der Waals surface area contributed by atoms with Gasteiger partial charge in [0.25, 0.3) is 5.56 Å². The summed E-state index contributed by atoms with van der Waals surface area (Å²) in [5.74, 6) is -0.216. The van der Waals surface area contributed by atoms with E-state index in [0.717, 1.165) is 36.1 Å². The number of hydrogen-bond acceptors (Lipinski definition) is 5. The van der Waals surface area contributed by atoms with Crippen LogP contribution in [0.4, 0.5) is 5.69 Å². The molecule has 0 saturated carbocycles. The first kappa shape index (κ1) is 23.7. The Morgan fingerprint density at radius 3 is 2.56 bits per heavy atom. The molecule has 0 atom stereocenters. The third-order valence-corrected chi connectivity index (χ3v) is 8.50. The zero-order chi connectivity index (χ0) is 23.8. The molecule has 1 aliphatic rings. The Hall–Kier alpha value is -2.03. The number of carbonyl (C=O) groups is 1. The molecule has 0 spiro atoms. The summed E-state index contributed by atoms with van der Waals surface area (Å²) in [5, 5.41) is 5.35. The van der Waals surface area contributed by atoms with Crippen molar-refractivity contribution in [2.24, 2.45) is 0 Å². The summed E-state index contributed by atoms with van der Waals surface area (Å²) in [5.41, 5.74) is 2.14. The van der Waals surface area contributed by atoms with Gasteiger partial charge in [-0.15, -0.1) is 11.3 Å². The Morgan fingerprint density at radius 2 is 1.79 bits per heavy atom. The molecule has 0 unspecified atom stereocenters. The van der Waals surface area contributed by atoms with Crippen molar-refractivity contribution in [1.29, 1.82) is 0 Å². The number of nitrogens with zero attached hydrogens (tertiary/aromatic N) is 2. The minimum atomic E-state index is -0.267. The summed E-state index contributed by atoms with van der Waals surface area (Å²) in [7, 11) is 0. The number of anilines is 1. The molecule has 34 heavy (non-hydrogen) atoms. The summed E-state index contributed by atoms with van der Waals surface area (Å²) in [6, 6.07) is 11.9. The van der Waals surface area contributed by atoms with E-state index in [9.17, 15) is 9.59 Å². The van der Waals surface area contributed by atoms with Gasteiger partial charge in [-0.3, -0.25) is 14.2 Å². The van der Waals surface area contributed by atoms with Gasteiger partial charge in [-0.05, 0) is 73.7 Å². The minimum absolute atomic E-state index is 0.0512. The van der Waals surface area contributed by atoms with Gasteiger partial charge in [0.2, 0.25) is 5.91 Å². The largest absolute Gasteiger partial charge is 0.324 e. The highest BCUT2D eigenvalue weighted by Crippen LogP contribution is 2.35. The predicted octanol–water partition coefficient (Wildman–Crippen LogP) is 7.02. The summed E-state index contributed by atoms with van der Waals surface area (Å²) in [4.78, 5) is 33.2. The van der Waals surface area contributed by atoms with E-state index in [0.29, 0.717) is 37.0 Å². The van der Waals surface area contributed by atoms with Crippen LogP contribution in [0.1, 0.15) is 23.3 Å². The molecule has 10 heteroatoms. The van der Waals surface area contributed by atoms with Crippen LogP contribution in [0, 0.1) is 0 Å². The molecule has 4 aromatic rings. The van der Waals surface area contributed by atoms with Gasteiger partial charge in [0, 0.05) is 14.9 Å². The zero-order valence-corrected chi connectivity index (χ0v) is 21.6. The van der Waals surface area contributed by atoms with Crippen molar-refractivity contribution in [2.75, 3.05) is 11.1 Å². The number of nitrogens with one attached hydrogen (secondary N) is 1. The average Bonchev–Trinajstić information content (AvgIpc) is 3.19. The summed E-state index contributed by atoms with van der Waals surface area (Å²) < 4.78 is 1.58. The zero-order valence-electron chi connectivity index (χ0n) is 17.7. The molecule has 5 rings (SSSR count). The Labute approximate surface area is 219 Å². The molecule has 5 nitrogen and oxygen atoms in total. The number of carbonyl (C=O) groups excluding carboxylic acids is 1. The Balaban J connectivity index is 1.51. The Bertz CT molecular complexity index is 1470. The molecule has 2 aromatic heterocycles. The van der Waals surface area contributed by atoms with Crippen molar-refractivity contribution in [3.8, 4) is 5.69 Å². The number of thiophene rings is 1. The van der Waals surface area contributed by atoms with Crippen LogP contribution in [0.3, 0.4) is 0 Å². The molecular formula is C24H18Cl3N3O2S2. The van der Waals surface area contributed by atoms with Crippen LogP contribution >= 0.6 is 57.9 Å². The van der Waals surface area contributed by atoms with Crippen LogP contribution in [-0.4, -0.2) is 21.2 Å². The van der Waals surface area contributed by atoms with E-state index >= 15 is 0 Å². The van der Waals surface area contributed by atoms with Crippen LogP contribution in [0.25, 0.3) is 15.9 Å². The van der Waals surface area contributed by atoms with Crippen molar-refractivity contribution in [2.45, 2.75) is 30.8 Å². The first-order valence-corrected chi connectivity index (χ1v) is 13.6. The number of fused-ring (bicyclic) bond motifs is 3. The second kappa shape index (κ2) is 9.91. The predicted molar refractivity (Wildman–Crippen MR) is 143 cm³/mol. The molecular weight excluding hydrogens is 533 g/mol. The van der Waals surface area contributed by atoms with Crippen molar-refractivity contribution in [1.82, 2.24) is 9.55 Å². The van der Waals surface area contributed by atoms with Crippen molar-refractivity contribution >= 4 is 79.7 Å². The number of halogens is 3. The highest BCUT2D eigenvalue weighted by molar-refractivity contribution is 7.99. The van der Waals surface area contributed by atoms with Gasteiger partial charge in [0.15, 0.2) is 5.16 Å². The summed E-state index contributed by atoms with van der Waals surface area (Å²) in [6.45, 7) is 0. The van der Waals surface area contributed by atoms with Crippen molar-refractivity contribution in [3.05, 3.63) is 78.3 Å². The monoisotopic (exact) mass is 549 g/mol. The number of thioether (sulfide) groups is 1. The normalized spacial score (nSPS) is 13.1. The first-order chi connectivity index (χ1) is 16.4. The van der Waals surface area contributed by atoms with E-state index in [2.05, 4.69) is 5.32 Å². The Kier molecular flexibility index (Phi) is 6.91. The van der Waals surface area contributed by atoms with Gasteiger partial charge in [0.05, 0.1) is 27.5 Å². The second-order valence-electron chi connectivity index (χ2n) is 7.86. The van der Waals surface area contributed by atoms with E-state index in [1.807, 2.05) is 0 Å². The lowest BCUT2D eigenvalue weighted by Gasteiger charge is -2.14. The third-order valence-electron chi connectivity index (χ3n) is 5.58. The van der Waals surface area contributed by atoms with Crippen LogP contribution in [0.2, 0.25) is 15.1 Å². The highest BCUT2D eigenvalue weighted by atomic mass is 35.5. The molecule has 174 valence electrons. The molecule has 0 radical (unpaired) electrons.